The second-order valence-electron chi connectivity index (χ2n) is 7.74. The van der Waals surface area contributed by atoms with Gasteiger partial charge in [-0.2, -0.15) is 0 Å². The lowest BCUT2D eigenvalue weighted by Crippen LogP contribution is -2.39. The number of nitrogens with zero attached hydrogens (tertiary/aromatic N) is 1. The molecule has 0 aliphatic carbocycles. The predicted molar refractivity (Wildman–Crippen MR) is 121 cm³/mol. The van der Waals surface area contributed by atoms with Crippen molar-refractivity contribution in [2.75, 3.05) is 26.2 Å². The van der Waals surface area contributed by atoms with E-state index in [1.807, 2.05) is 25.3 Å². The number of rotatable bonds is 13. The Morgan fingerprint density at radius 1 is 1.19 bits per heavy atom. The molecular weight excluding hydrogens is 438 g/mol. The third-order valence-corrected chi connectivity index (χ3v) is 5.60. The van der Waals surface area contributed by atoms with Crippen LogP contribution in [0.4, 0.5) is 0 Å². The standard InChI is InChI=1S/C22H32ClN3O6/c1-2-26(8-7-21(31)25-12-16(28)10-19(29)20(30)13-27)22(32)6-3-14-11-24-18-5-4-15(23)9-17(14)18/h4-5,9,11,16,19-20,24,27-30H,2-3,6-8,10,12-13H2,1H3,(H,25,31). The van der Waals surface area contributed by atoms with Gasteiger partial charge in [-0.15, -0.1) is 0 Å². The van der Waals surface area contributed by atoms with Crippen molar-refractivity contribution in [3.63, 3.8) is 0 Å². The van der Waals surface area contributed by atoms with E-state index in [0.717, 1.165) is 16.5 Å². The number of aliphatic hydroxyl groups excluding tert-OH is 4. The summed E-state index contributed by atoms with van der Waals surface area (Å²) >= 11 is 6.07. The highest BCUT2D eigenvalue weighted by atomic mass is 35.5. The molecule has 0 spiro atoms. The van der Waals surface area contributed by atoms with Gasteiger partial charge >= 0.3 is 0 Å². The molecule has 6 N–H and O–H groups in total. The summed E-state index contributed by atoms with van der Waals surface area (Å²) in [5, 5.41) is 41.7. The monoisotopic (exact) mass is 469 g/mol. The molecule has 10 heteroatoms. The minimum absolute atomic E-state index is 0.0576. The third kappa shape index (κ3) is 7.75. The van der Waals surface area contributed by atoms with Crippen molar-refractivity contribution in [3.8, 4) is 0 Å². The highest BCUT2D eigenvalue weighted by Gasteiger charge is 2.20. The molecule has 9 nitrogen and oxygen atoms in total. The third-order valence-electron chi connectivity index (χ3n) is 5.36. The van der Waals surface area contributed by atoms with Crippen LogP contribution in [0.15, 0.2) is 24.4 Å². The summed E-state index contributed by atoms with van der Waals surface area (Å²) in [6.45, 7) is 1.85. The van der Waals surface area contributed by atoms with E-state index in [4.69, 9.17) is 16.7 Å². The van der Waals surface area contributed by atoms with E-state index in [1.165, 1.54) is 0 Å². The van der Waals surface area contributed by atoms with Gasteiger partial charge in [0, 0.05) is 61.0 Å². The molecular formula is C22H32ClN3O6. The fourth-order valence-corrected chi connectivity index (χ4v) is 3.59. The number of carbonyl (C=O) groups is 2. The Bertz CT molecular complexity index is 890. The van der Waals surface area contributed by atoms with E-state index in [-0.39, 0.29) is 37.7 Å². The molecule has 0 bridgehead atoms. The van der Waals surface area contributed by atoms with Crippen molar-refractivity contribution in [3.05, 3.63) is 35.0 Å². The molecule has 2 rings (SSSR count). The Morgan fingerprint density at radius 3 is 2.62 bits per heavy atom. The predicted octanol–water partition coefficient (Wildman–Crippen LogP) is 0.574. The Morgan fingerprint density at radius 2 is 1.94 bits per heavy atom. The molecule has 32 heavy (non-hydrogen) atoms. The van der Waals surface area contributed by atoms with Crippen molar-refractivity contribution in [2.24, 2.45) is 0 Å². The Labute approximate surface area is 192 Å². The lowest BCUT2D eigenvalue weighted by molar-refractivity contribution is -0.131. The fraction of sp³-hybridized carbons (Fsp3) is 0.545. The topological polar surface area (TPSA) is 146 Å². The lowest BCUT2D eigenvalue weighted by Gasteiger charge is -2.21. The van der Waals surface area contributed by atoms with Gasteiger partial charge in [0.15, 0.2) is 0 Å². The van der Waals surface area contributed by atoms with Gasteiger partial charge in [0.05, 0.1) is 18.8 Å². The number of hydrogen-bond acceptors (Lipinski definition) is 6. The number of halogens is 1. The Balaban J connectivity index is 1.75. The largest absolute Gasteiger partial charge is 0.394 e. The molecule has 1 aromatic carbocycles. The lowest BCUT2D eigenvalue weighted by atomic mass is 10.1. The maximum absolute atomic E-state index is 12.6. The van der Waals surface area contributed by atoms with Gasteiger partial charge in [0.1, 0.15) is 6.10 Å². The second kappa shape index (κ2) is 12.8. The summed E-state index contributed by atoms with van der Waals surface area (Å²) < 4.78 is 0. The van der Waals surface area contributed by atoms with E-state index >= 15 is 0 Å². The highest BCUT2D eigenvalue weighted by Crippen LogP contribution is 2.23. The fourth-order valence-electron chi connectivity index (χ4n) is 3.41. The van der Waals surface area contributed by atoms with Crippen LogP contribution < -0.4 is 5.32 Å². The molecule has 178 valence electrons. The first-order valence-electron chi connectivity index (χ1n) is 10.7. The number of fused-ring (bicyclic) bond motifs is 1. The van der Waals surface area contributed by atoms with Crippen molar-refractivity contribution in [2.45, 2.75) is 50.9 Å². The van der Waals surface area contributed by atoms with E-state index in [2.05, 4.69) is 10.3 Å². The number of aromatic amines is 1. The van der Waals surface area contributed by atoms with Gasteiger partial charge in [-0.05, 0) is 37.1 Å². The molecule has 0 saturated heterocycles. The smallest absolute Gasteiger partial charge is 0.222 e. The molecule has 3 atom stereocenters. The van der Waals surface area contributed by atoms with Crippen LogP contribution in [0.25, 0.3) is 10.9 Å². The van der Waals surface area contributed by atoms with E-state index in [9.17, 15) is 24.9 Å². The zero-order valence-electron chi connectivity index (χ0n) is 18.1. The minimum atomic E-state index is -1.34. The van der Waals surface area contributed by atoms with Crippen molar-refractivity contribution in [1.29, 1.82) is 0 Å². The Kier molecular flexibility index (Phi) is 10.4. The molecule has 0 aliphatic heterocycles. The number of amides is 2. The van der Waals surface area contributed by atoms with Crippen molar-refractivity contribution in [1.82, 2.24) is 15.2 Å². The Hall–Kier alpha value is -2.17. The van der Waals surface area contributed by atoms with Crippen LogP contribution in [0, 0.1) is 0 Å². The van der Waals surface area contributed by atoms with Crippen LogP contribution >= 0.6 is 11.6 Å². The first-order valence-corrected chi connectivity index (χ1v) is 11.1. The van der Waals surface area contributed by atoms with Crippen LogP contribution in [0.3, 0.4) is 0 Å². The zero-order chi connectivity index (χ0) is 23.7. The number of nitrogens with one attached hydrogen (secondary N) is 2. The molecule has 3 unspecified atom stereocenters. The summed E-state index contributed by atoms with van der Waals surface area (Å²) in [5.41, 5.74) is 1.97. The molecule has 1 heterocycles. The summed E-state index contributed by atoms with van der Waals surface area (Å²) in [7, 11) is 0. The van der Waals surface area contributed by atoms with Crippen LogP contribution in [0.5, 0.6) is 0 Å². The average molecular weight is 470 g/mol. The first kappa shape index (κ1) is 26.1. The maximum atomic E-state index is 12.6. The number of benzene rings is 1. The molecule has 0 fully saturated rings. The molecule has 0 radical (unpaired) electrons. The zero-order valence-corrected chi connectivity index (χ0v) is 18.9. The van der Waals surface area contributed by atoms with Gasteiger partial charge in [-0.3, -0.25) is 9.59 Å². The number of aromatic nitrogens is 1. The maximum Gasteiger partial charge on any atom is 0.222 e. The summed E-state index contributed by atoms with van der Waals surface area (Å²) in [6.07, 6.45) is -1.06. The summed E-state index contributed by atoms with van der Waals surface area (Å²) in [6, 6.07) is 5.57. The minimum Gasteiger partial charge on any atom is -0.394 e. The molecule has 2 amide bonds. The SMILES string of the molecule is CCN(CCC(=O)NCC(O)CC(O)C(O)CO)C(=O)CCc1c[nH]c2ccc(Cl)cc12. The van der Waals surface area contributed by atoms with Crippen molar-refractivity contribution >= 4 is 34.3 Å². The van der Waals surface area contributed by atoms with Crippen molar-refractivity contribution < 1.29 is 30.0 Å². The molecule has 0 aliphatic rings. The number of H-pyrrole nitrogens is 1. The van der Waals surface area contributed by atoms with Gasteiger partial charge in [-0.25, -0.2) is 0 Å². The van der Waals surface area contributed by atoms with Gasteiger partial charge in [-0.1, -0.05) is 11.6 Å². The van der Waals surface area contributed by atoms with Gasteiger partial charge < -0.3 is 35.6 Å². The van der Waals surface area contributed by atoms with E-state index in [1.54, 1.807) is 11.0 Å². The second-order valence-corrected chi connectivity index (χ2v) is 8.17. The van der Waals surface area contributed by atoms with E-state index < -0.39 is 24.9 Å². The van der Waals surface area contributed by atoms with Crippen LogP contribution in [-0.4, -0.2) is 86.7 Å². The van der Waals surface area contributed by atoms with Crippen LogP contribution in [0.1, 0.15) is 31.7 Å². The van der Waals surface area contributed by atoms with Crippen LogP contribution in [-0.2, 0) is 16.0 Å². The average Bonchev–Trinajstić information content (AvgIpc) is 3.17. The highest BCUT2D eigenvalue weighted by molar-refractivity contribution is 6.31. The van der Waals surface area contributed by atoms with Gasteiger partial charge in [0.2, 0.25) is 11.8 Å². The van der Waals surface area contributed by atoms with E-state index in [0.29, 0.717) is 24.4 Å². The molecule has 0 saturated carbocycles. The number of hydrogen-bond donors (Lipinski definition) is 6. The van der Waals surface area contributed by atoms with Gasteiger partial charge in [0.25, 0.3) is 0 Å². The molecule has 1 aromatic heterocycles. The molecule has 2 aromatic rings. The summed E-state index contributed by atoms with van der Waals surface area (Å²) in [5.74, 6) is -0.392. The number of aliphatic hydroxyl groups is 4. The quantitative estimate of drug-likeness (QED) is 0.253. The normalized spacial score (nSPS) is 14.2. The summed E-state index contributed by atoms with van der Waals surface area (Å²) in [4.78, 5) is 29.4. The number of aryl methyl sites for hydroxylation is 1. The van der Waals surface area contributed by atoms with Crippen LogP contribution in [0.2, 0.25) is 5.02 Å². The number of carbonyl (C=O) groups excluding carboxylic acids is 2. The first-order chi connectivity index (χ1) is 15.2.